The molecule has 0 aromatic carbocycles. The molecule has 0 aliphatic rings. The van der Waals surface area contributed by atoms with Crippen LogP contribution in [0.25, 0.3) is 0 Å². The summed E-state index contributed by atoms with van der Waals surface area (Å²) in [6.07, 6.45) is 0.129. The Kier molecular flexibility index (Phi) is 6.61. The van der Waals surface area contributed by atoms with E-state index < -0.39 is 0 Å². The minimum absolute atomic E-state index is 0.0885. The Labute approximate surface area is 132 Å². The second kappa shape index (κ2) is 7.75. The van der Waals surface area contributed by atoms with Crippen molar-refractivity contribution in [1.29, 1.82) is 0 Å². The van der Waals surface area contributed by atoms with E-state index in [4.69, 9.17) is 4.74 Å². The highest BCUT2D eigenvalue weighted by Gasteiger charge is 2.24. The van der Waals surface area contributed by atoms with Crippen molar-refractivity contribution in [3.05, 3.63) is 16.1 Å². The Morgan fingerprint density at radius 3 is 2.62 bits per heavy atom. The molecule has 0 spiro atoms. The number of rotatable bonds is 5. The normalized spacial score (nSPS) is 14.1. The summed E-state index contributed by atoms with van der Waals surface area (Å²) in [6.45, 7) is 10.0. The van der Waals surface area contributed by atoms with Crippen molar-refractivity contribution in [2.75, 3.05) is 27.7 Å². The Balaban J connectivity index is 2.58. The zero-order valence-electron chi connectivity index (χ0n) is 14.2. The number of hydrogen-bond acceptors (Lipinski definition) is 4. The number of aryl methyl sites for hydroxylation is 1. The molecule has 6 heteroatoms. The van der Waals surface area contributed by atoms with E-state index in [2.05, 4.69) is 46.3 Å². The van der Waals surface area contributed by atoms with E-state index in [0.717, 1.165) is 29.8 Å². The average Bonchev–Trinajstić information content (AvgIpc) is 2.78. The first-order chi connectivity index (χ1) is 9.77. The predicted molar refractivity (Wildman–Crippen MR) is 89.9 cm³/mol. The summed E-state index contributed by atoms with van der Waals surface area (Å²) < 4.78 is 5.56. The third-order valence-corrected chi connectivity index (χ3v) is 4.16. The van der Waals surface area contributed by atoms with Gasteiger partial charge in [0.15, 0.2) is 5.96 Å². The van der Waals surface area contributed by atoms with Crippen molar-refractivity contribution in [3.8, 4) is 0 Å². The van der Waals surface area contributed by atoms with E-state index in [9.17, 15) is 0 Å². The Morgan fingerprint density at radius 2 is 2.19 bits per heavy atom. The third-order valence-electron chi connectivity index (χ3n) is 3.34. The summed E-state index contributed by atoms with van der Waals surface area (Å²) in [7, 11) is 5.56. The van der Waals surface area contributed by atoms with Crippen LogP contribution < -0.4 is 5.32 Å². The quantitative estimate of drug-likeness (QED) is 0.670. The molecule has 0 saturated heterocycles. The fourth-order valence-corrected chi connectivity index (χ4v) is 2.71. The first kappa shape index (κ1) is 17.9. The van der Waals surface area contributed by atoms with Crippen LogP contribution in [0.3, 0.4) is 0 Å². The zero-order valence-corrected chi connectivity index (χ0v) is 15.0. The fraction of sp³-hybridized carbons (Fsp3) is 0.733. The summed E-state index contributed by atoms with van der Waals surface area (Å²) in [6, 6.07) is 0. The molecule has 1 unspecified atom stereocenters. The smallest absolute Gasteiger partial charge is 0.193 e. The van der Waals surface area contributed by atoms with Crippen LogP contribution in [-0.4, -0.2) is 49.7 Å². The highest BCUT2D eigenvalue weighted by molar-refractivity contribution is 7.09. The standard InChI is InChI=1S/C15H28N4OS/c1-11-18-12(10-21-11)9-19(6)14(16-5)17-8-13(20-7)15(2,3)4/h10,13H,8-9H2,1-7H3,(H,16,17). The van der Waals surface area contributed by atoms with Crippen LogP contribution in [0, 0.1) is 12.3 Å². The summed E-state index contributed by atoms with van der Waals surface area (Å²) >= 11 is 1.67. The minimum Gasteiger partial charge on any atom is -0.379 e. The first-order valence-corrected chi connectivity index (χ1v) is 8.01. The van der Waals surface area contributed by atoms with Crippen LogP contribution >= 0.6 is 11.3 Å². The van der Waals surface area contributed by atoms with Gasteiger partial charge >= 0.3 is 0 Å². The van der Waals surface area contributed by atoms with Crippen molar-refractivity contribution in [1.82, 2.24) is 15.2 Å². The number of nitrogens with zero attached hydrogens (tertiary/aromatic N) is 3. The summed E-state index contributed by atoms with van der Waals surface area (Å²) in [5.74, 6) is 0.854. The van der Waals surface area contributed by atoms with E-state index in [1.165, 1.54) is 0 Å². The molecule has 1 N–H and O–H groups in total. The van der Waals surface area contributed by atoms with Crippen molar-refractivity contribution in [3.63, 3.8) is 0 Å². The Bertz CT molecular complexity index is 464. The Morgan fingerprint density at radius 1 is 1.52 bits per heavy atom. The first-order valence-electron chi connectivity index (χ1n) is 7.13. The molecule has 0 aliphatic heterocycles. The molecule has 0 fully saturated rings. The maximum Gasteiger partial charge on any atom is 0.193 e. The van der Waals surface area contributed by atoms with Crippen LogP contribution in [0.1, 0.15) is 31.5 Å². The Hall–Kier alpha value is -1.14. The van der Waals surface area contributed by atoms with Crippen LogP contribution in [0.2, 0.25) is 0 Å². The lowest BCUT2D eigenvalue weighted by molar-refractivity contribution is 0.0202. The zero-order chi connectivity index (χ0) is 16.0. The van der Waals surface area contributed by atoms with Gasteiger partial charge in [0.1, 0.15) is 0 Å². The lowest BCUT2D eigenvalue weighted by Crippen LogP contribution is -2.45. The van der Waals surface area contributed by atoms with Crippen LogP contribution in [0.5, 0.6) is 0 Å². The van der Waals surface area contributed by atoms with Gasteiger partial charge in [0.05, 0.1) is 23.4 Å². The molecule has 0 aliphatic carbocycles. The largest absolute Gasteiger partial charge is 0.379 e. The molecule has 1 aromatic heterocycles. The van der Waals surface area contributed by atoms with Gasteiger partial charge in [0.2, 0.25) is 0 Å². The number of nitrogens with one attached hydrogen (secondary N) is 1. The van der Waals surface area contributed by atoms with Crippen molar-refractivity contribution in [2.45, 2.75) is 40.3 Å². The predicted octanol–water partition coefficient (Wildman–Crippen LogP) is 2.52. The van der Waals surface area contributed by atoms with E-state index in [1.807, 2.05) is 14.0 Å². The molecule has 1 rings (SSSR count). The maximum atomic E-state index is 5.56. The van der Waals surface area contributed by atoms with E-state index in [-0.39, 0.29) is 11.5 Å². The third kappa shape index (κ3) is 5.63. The molecule has 0 bridgehead atoms. The molecule has 5 nitrogen and oxygen atoms in total. The number of aliphatic imine (C=N–C) groups is 1. The molecular formula is C15H28N4OS. The molecular weight excluding hydrogens is 284 g/mol. The average molecular weight is 312 g/mol. The van der Waals surface area contributed by atoms with Crippen molar-refractivity contribution >= 4 is 17.3 Å². The van der Waals surface area contributed by atoms with Gasteiger partial charge in [-0.25, -0.2) is 4.98 Å². The number of guanidine groups is 1. The summed E-state index contributed by atoms with van der Waals surface area (Å²) in [5, 5.41) is 6.56. The SMILES string of the molecule is CN=C(NCC(OC)C(C)(C)C)N(C)Cc1csc(C)n1. The van der Waals surface area contributed by atoms with E-state index in [0.29, 0.717) is 0 Å². The van der Waals surface area contributed by atoms with Crippen LogP contribution in [0.15, 0.2) is 10.4 Å². The molecule has 0 radical (unpaired) electrons. The van der Waals surface area contributed by atoms with Gasteiger partial charge < -0.3 is 15.0 Å². The number of hydrogen-bond donors (Lipinski definition) is 1. The lowest BCUT2D eigenvalue weighted by Gasteiger charge is -2.31. The van der Waals surface area contributed by atoms with Gasteiger partial charge in [0.25, 0.3) is 0 Å². The molecule has 0 saturated carbocycles. The van der Waals surface area contributed by atoms with Crippen LogP contribution in [-0.2, 0) is 11.3 Å². The number of thiazole rings is 1. The highest BCUT2D eigenvalue weighted by Crippen LogP contribution is 2.21. The highest BCUT2D eigenvalue weighted by atomic mass is 32.1. The van der Waals surface area contributed by atoms with Gasteiger partial charge in [-0.2, -0.15) is 0 Å². The lowest BCUT2D eigenvalue weighted by atomic mass is 9.89. The molecule has 0 amide bonds. The topological polar surface area (TPSA) is 49.8 Å². The fourth-order valence-electron chi connectivity index (χ4n) is 2.11. The van der Waals surface area contributed by atoms with Crippen molar-refractivity contribution in [2.24, 2.45) is 10.4 Å². The molecule has 1 heterocycles. The monoisotopic (exact) mass is 312 g/mol. The van der Waals surface area contributed by atoms with Gasteiger partial charge in [-0.1, -0.05) is 20.8 Å². The van der Waals surface area contributed by atoms with E-state index in [1.54, 1.807) is 25.5 Å². The second-order valence-electron chi connectivity index (χ2n) is 6.23. The van der Waals surface area contributed by atoms with Crippen molar-refractivity contribution < 1.29 is 4.74 Å². The van der Waals surface area contributed by atoms with Gasteiger partial charge in [-0.15, -0.1) is 11.3 Å². The second-order valence-corrected chi connectivity index (χ2v) is 7.29. The molecule has 120 valence electrons. The minimum atomic E-state index is 0.0885. The summed E-state index contributed by atoms with van der Waals surface area (Å²) in [5.41, 5.74) is 1.16. The maximum absolute atomic E-state index is 5.56. The van der Waals surface area contributed by atoms with E-state index >= 15 is 0 Å². The van der Waals surface area contributed by atoms with Crippen LogP contribution in [0.4, 0.5) is 0 Å². The molecule has 1 aromatic rings. The molecule has 21 heavy (non-hydrogen) atoms. The van der Waals surface area contributed by atoms with Gasteiger partial charge in [-0.05, 0) is 12.3 Å². The van der Waals surface area contributed by atoms with Gasteiger partial charge in [0, 0.05) is 33.1 Å². The number of methoxy groups -OCH3 is 1. The number of ether oxygens (including phenoxy) is 1. The summed E-state index contributed by atoms with van der Waals surface area (Å²) in [4.78, 5) is 10.9. The number of aromatic nitrogens is 1. The van der Waals surface area contributed by atoms with Gasteiger partial charge in [-0.3, -0.25) is 4.99 Å². The molecule has 1 atom stereocenters.